The average Bonchev–Trinajstić information content (AvgIpc) is 2.51. The fourth-order valence-corrected chi connectivity index (χ4v) is 1.92. The first-order valence-electron chi connectivity index (χ1n) is 7.69. The van der Waals surface area contributed by atoms with E-state index in [0.29, 0.717) is 6.61 Å². The summed E-state index contributed by atoms with van der Waals surface area (Å²) >= 11 is 0. The molecule has 0 amide bonds. The van der Waals surface area contributed by atoms with Crippen LogP contribution in [0.15, 0.2) is 24.3 Å². The van der Waals surface area contributed by atoms with Crippen molar-refractivity contribution in [2.75, 3.05) is 19.8 Å². The van der Waals surface area contributed by atoms with Crippen molar-refractivity contribution in [2.24, 2.45) is 0 Å². The predicted molar refractivity (Wildman–Crippen MR) is 84.6 cm³/mol. The Bertz CT molecular complexity index is 430. The number of hydrogen-bond donors (Lipinski definition) is 1. The highest BCUT2D eigenvalue weighted by molar-refractivity contribution is 5.80. The summed E-state index contributed by atoms with van der Waals surface area (Å²) in [4.78, 5) is 12.1. The topological polar surface area (TPSA) is 47.6 Å². The molecule has 0 aliphatic carbocycles. The highest BCUT2D eigenvalue weighted by Gasteiger charge is 2.35. The molecule has 21 heavy (non-hydrogen) atoms. The first-order chi connectivity index (χ1) is 10.1. The molecule has 1 aromatic carbocycles. The van der Waals surface area contributed by atoms with Gasteiger partial charge in [-0.05, 0) is 50.9 Å². The van der Waals surface area contributed by atoms with E-state index in [2.05, 4.69) is 19.2 Å². The normalized spacial score (nSPS) is 13.5. The van der Waals surface area contributed by atoms with Crippen molar-refractivity contribution in [3.8, 4) is 5.75 Å². The van der Waals surface area contributed by atoms with Gasteiger partial charge in [0, 0.05) is 0 Å². The Labute approximate surface area is 127 Å². The molecule has 0 bridgehead atoms. The van der Waals surface area contributed by atoms with Crippen molar-refractivity contribution in [3.05, 3.63) is 29.8 Å². The highest BCUT2D eigenvalue weighted by Crippen LogP contribution is 2.16. The summed E-state index contributed by atoms with van der Waals surface area (Å²) < 4.78 is 10.9. The number of carbonyl (C=O) groups is 1. The Morgan fingerprint density at radius 2 is 1.86 bits per heavy atom. The van der Waals surface area contributed by atoms with Crippen LogP contribution < -0.4 is 10.1 Å². The van der Waals surface area contributed by atoms with Crippen molar-refractivity contribution >= 4 is 5.97 Å². The van der Waals surface area contributed by atoms with Gasteiger partial charge in [0.25, 0.3) is 0 Å². The van der Waals surface area contributed by atoms with Crippen molar-refractivity contribution in [3.63, 3.8) is 0 Å². The number of esters is 1. The van der Waals surface area contributed by atoms with Gasteiger partial charge in [-0.15, -0.1) is 0 Å². The minimum Gasteiger partial charge on any atom is -0.491 e. The lowest BCUT2D eigenvalue weighted by Gasteiger charge is -2.28. The summed E-state index contributed by atoms with van der Waals surface area (Å²) in [6.45, 7) is 9.16. The number of carbonyl (C=O) groups excluding carboxylic acids is 1. The van der Waals surface area contributed by atoms with Gasteiger partial charge in [0.1, 0.15) is 17.9 Å². The Kier molecular flexibility index (Phi) is 7.23. The molecule has 1 N–H and O–H groups in total. The first-order valence-corrected chi connectivity index (χ1v) is 7.69. The zero-order valence-corrected chi connectivity index (χ0v) is 13.6. The Morgan fingerprint density at radius 1 is 1.19 bits per heavy atom. The van der Waals surface area contributed by atoms with E-state index >= 15 is 0 Å². The fraction of sp³-hybridized carbons (Fsp3) is 0.588. The van der Waals surface area contributed by atoms with Crippen LogP contribution in [0, 0.1) is 0 Å². The van der Waals surface area contributed by atoms with Crippen LogP contribution in [0.4, 0.5) is 0 Å². The van der Waals surface area contributed by atoms with E-state index < -0.39 is 5.54 Å². The molecule has 0 heterocycles. The van der Waals surface area contributed by atoms with E-state index in [4.69, 9.17) is 9.47 Å². The molecular weight excluding hydrogens is 266 g/mol. The van der Waals surface area contributed by atoms with E-state index in [0.717, 1.165) is 25.1 Å². The molecule has 1 unspecified atom stereocenters. The molecule has 118 valence electrons. The molecular formula is C17H27NO3. The molecule has 1 rings (SSSR count). The van der Waals surface area contributed by atoms with Crippen LogP contribution in [0.5, 0.6) is 5.75 Å². The lowest BCUT2D eigenvalue weighted by Crippen LogP contribution is -2.55. The molecule has 4 nitrogen and oxygen atoms in total. The maximum absolute atomic E-state index is 12.1. The second-order valence-electron chi connectivity index (χ2n) is 5.27. The van der Waals surface area contributed by atoms with E-state index in [1.807, 2.05) is 38.1 Å². The van der Waals surface area contributed by atoms with Crippen LogP contribution >= 0.6 is 0 Å². The SMILES string of the molecule is CCCNC(C)(COc1ccc(CC)cc1)C(=O)OCC. The Hall–Kier alpha value is -1.55. The van der Waals surface area contributed by atoms with Crippen LogP contribution in [0.1, 0.15) is 39.7 Å². The van der Waals surface area contributed by atoms with Crippen LogP contribution in [0.2, 0.25) is 0 Å². The molecule has 0 spiro atoms. The Morgan fingerprint density at radius 3 is 2.38 bits per heavy atom. The smallest absolute Gasteiger partial charge is 0.329 e. The van der Waals surface area contributed by atoms with E-state index in [1.54, 1.807) is 0 Å². The minimum absolute atomic E-state index is 0.247. The lowest BCUT2D eigenvalue weighted by molar-refractivity contribution is -0.151. The molecule has 1 aromatic rings. The standard InChI is InChI=1S/C17H27NO3/c1-5-12-18-17(4,16(19)20-7-3)13-21-15-10-8-14(6-2)9-11-15/h8-11,18H,5-7,12-13H2,1-4H3. The van der Waals surface area contributed by atoms with Gasteiger partial charge >= 0.3 is 5.97 Å². The Balaban J connectivity index is 2.68. The third-order valence-electron chi connectivity index (χ3n) is 3.35. The summed E-state index contributed by atoms with van der Waals surface area (Å²) in [5, 5.41) is 3.22. The monoisotopic (exact) mass is 293 g/mol. The minimum atomic E-state index is -0.824. The molecule has 0 aromatic heterocycles. The number of rotatable bonds is 9. The number of nitrogens with one attached hydrogen (secondary N) is 1. The zero-order valence-electron chi connectivity index (χ0n) is 13.6. The number of hydrogen-bond acceptors (Lipinski definition) is 4. The molecule has 1 atom stereocenters. The van der Waals surface area contributed by atoms with E-state index in [1.165, 1.54) is 5.56 Å². The number of aryl methyl sites for hydroxylation is 1. The van der Waals surface area contributed by atoms with Gasteiger partial charge in [0.15, 0.2) is 0 Å². The maximum atomic E-state index is 12.1. The van der Waals surface area contributed by atoms with Crippen molar-refractivity contribution in [2.45, 2.75) is 46.1 Å². The highest BCUT2D eigenvalue weighted by atomic mass is 16.5. The molecule has 0 aliphatic heterocycles. The van der Waals surface area contributed by atoms with E-state index in [-0.39, 0.29) is 12.6 Å². The van der Waals surface area contributed by atoms with Crippen LogP contribution in [-0.2, 0) is 16.0 Å². The summed E-state index contributed by atoms with van der Waals surface area (Å²) in [5.41, 5.74) is 0.440. The summed E-state index contributed by atoms with van der Waals surface area (Å²) in [7, 11) is 0. The average molecular weight is 293 g/mol. The van der Waals surface area contributed by atoms with Crippen LogP contribution in [0.3, 0.4) is 0 Å². The second kappa shape index (κ2) is 8.67. The summed E-state index contributed by atoms with van der Waals surface area (Å²) in [6.07, 6.45) is 1.94. The van der Waals surface area contributed by atoms with E-state index in [9.17, 15) is 4.79 Å². The predicted octanol–water partition coefficient (Wildman–Crippen LogP) is 2.95. The van der Waals surface area contributed by atoms with Gasteiger partial charge < -0.3 is 9.47 Å². The fourth-order valence-electron chi connectivity index (χ4n) is 1.92. The molecule has 0 radical (unpaired) electrons. The van der Waals surface area contributed by atoms with Gasteiger partial charge in [0.05, 0.1) is 6.61 Å². The van der Waals surface area contributed by atoms with Crippen LogP contribution in [-0.4, -0.2) is 31.3 Å². The lowest BCUT2D eigenvalue weighted by atomic mass is 10.0. The van der Waals surface area contributed by atoms with Gasteiger partial charge in [-0.25, -0.2) is 4.79 Å². The van der Waals surface area contributed by atoms with Gasteiger partial charge in [-0.3, -0.25) is 5.32 Å². The largest absolute Gasteiger partial charge is 0.491 e. The molecule has 0 aliphatic rings. The van der Waals surface area contributed by atoms with Crippen molar-refractivity contribution < 1.29 is 14.3 Å². The third kappa shape index (κ3) is 5.38. The summed E-state index contributed by atoms with van der Waals surface area (Å²) in [6, 6.07) is 7.95. The molecule has 4 heteroatoms. The number of benzene rings is 1. The number of ether oxygens (including phenoxy) is 2. The van der Waals surface area contributed by atoms with Crippen LogP contribution in [0.25, 0.3) is 0 Å². The third-order valence-corrected chi connectivity index (χ3v) is 3.35. The van der Waals surface area contributed by atoms with Gasteiger partial charge in [0.2, 0.25) is 0 Å². The molecule has 0 saturated carbocycles. The van der Waals surface area contributed by atoms with Crippen molar-refractivity contribution in [1.82, 2.24) is 5.32 Å². The maximum Gasteiger partial charge on any atom is 0.329 e. The van der Waals surface area contributed by atoms with Gasteiger partial charge in [-0.1, -0.05) is 26.0 Å². The first kappa shape index (κ1) is 17.5. The molecule has 0 fully saturated rings. The van der Waals surface area contributed by atoms with Crippen molar-refractivity contribution in [1.29, 1.82) is 0 Å². The zero-order chi connectivity index (χ0) is 15.7. The quantitative estimate of drug-likeness (QED) is 0.711. The second-order valence-corrected chi connectivity index (χ2v) is 5.27. The summed E-state index contributed by atoms with van der Waals surface area (Å²) in [5.74, 6) is 0.490. The van der Waals surface area contributed by atoms with Gasteiger partial charge in [-0.2, -0.15) is 0 Å². The molecule has 0 saturated heterocycles.